The van der Waals surface area contributed by atoms with Gasteiger partial charge in [-0.25, -0.2) is 0 Å². The Kier molecular flexibility index (Phi) is 3.85. The molecule has 2 heterocycles. The summed E-state index contributed by atoms with van der Waals surface area (Å²) in [7, 11) is 0. The molecule has 0 bridgehead atoms. The van der Waals surface area contributed by atoms with Gasteiger partial charge in [0.25, 0.3) is 5.69 Å². The van der Waals surface area contributed by atoms with Crippen LogP contribution < -0.4 is 0 Å². The van der Waals surface area contributed by atoms with Gasteiger partial charge >= 0.3 is 0 Å². The second-order valence-electron chi connectivity index (χ2n) is 4.86. The Hall–Kier alpha value is -2.21. The van der Waals surface area contributed by atoms with E-state index in [4.69, 9.17) is 0 Å². The van der Waals surface area contributed by atoms with Gasteiger partial charge in [-0.15, -0.1) is 0 Å². The van der Waals surface area contributed by atoms with E-state index in [0.717, 1.165) is 5.69 Å². The van der Waals surface area contributed by atoms with Crippen LogP contribution >= 0.6 is 0 Å². The zero-order chi connectivity index (χ0) is 14.9. The number of hydrogen-bond donors (Lipinski definition) is 1. The lowest BCUT2D eigenvalue weighted by molar-refractivity contribution is -0.386. The number of aryl methyl sites for hydroxylation is 1. The average molecular weight is 275 g/mol. The van der Waals surface area contributed by atoms with Crippen LogP contribution in [0.1, 0.15) is 35.5 Å². The largest absolute Gasteiger partial charge is 0.387 e. The van der Waals surface area contributed by atoms with E-state index in [2.05, 4.69) is 4.98 Å². The molecule has 0 aliphatic carbocycles. The molecule has 0 fully saturated rings. The Morgan fingerprint density at radius 2 is 2.20 bits per heavy atom. The number of hydrogen-bond acceptors (Lipinski definition) is 4. The lowest BCUT2D eigenvalue weighted by Gasteiger charge is -2.13. The number of aromatic nitrogens is 2. The predicted molar refractivity (Wildman–Crippen MR) is 74.5 cm³/mol. The first-order valence-corrected chi connectivity index (χ1v) is 6.34. The highest BCUT2D eigenvalue weighted by Gasteiger charge is 2.19. The molecule has 2 rings (SSSR count). The van der Waals surface area contributed by atoms with Gasteiger partial charge in [0.1, 0.15) is 0 Å². The molecule has 0 radical (unpaired) electrons. The maximum Gasteiger partial charge on any atom is 0.278 e. The van der Waals surface area contributed by atoms with Crippen LogP contribution in [-0.2, 0) is 6.54 Å². The molecule has 1 atom stereocenters. The highest BCUT2D eigenvalue weighted by atomic mass is 16.6. The van der Waals surface area contributed by atoms with Crippen molar-refractivity contribution in [1.29, 1.82) is 0 Å². The minimum Gasteiger partial charge on any atom is -0.387 e. The van der Waals surface area contributed by atoms with Gasteiger partial charge < -0.3 is 9.67 Å². The molecule has 0 saturated carbocycles. The number of aliphatic hydroxyl groups excluding tert-OH is 1. The number of nitrogens with zero attached hydrogens (tertiary/aromatic N) is 3. The molecule has 0 saturated heterocycles. The van der Waals surface area contributed by atoms with E-state index in [1.165, 1.54) is 6.20 Å². The van der Waals surface area contributed by atoms with Crippen LogP contribution in [0.25, 0.3) is 0 Å². The third-order valence-corrected chi connectivity index (χ3v) is 3.37. The first kappa shape index (κ1) is 14.2. The number of nitro groups is 1. The van der Waals surface area contributed by atoms with Crippen molar-refractivity contribution in [3.63, 3.8) is 0 Å². The van der Waals surface area contributed by atoms with E-state index in [9.17, 15) is 15.2 Å². The Bertz CT molecular complexity index is 647. The van der Waals surface area contributed by atoms with Crippen molar-refractivity contribution < 1.29 is 10.0 Å². The van der Waals surface area contributed by atoms with Crippen LogP contribution in [-0.4, -0.2) is 19.6 Å². The molecule has 1 N–H and O–H groups in total. The summed E-state index contributed by atoms with van der Waals surface area (Å²) in [6.45, 7) is 5.47. The van der Waals surface area contributed by atoms with E-state index < -0.39 is 6.10 Å². The maximum absolute atomic E-state index is 11.1. The predicted octanol–water partition coefficient (Wildman–Crippen LogP) is 2.51. The summed E-state index contributed by atoms with van der Waals surface area (Å²) in [4.78, 5) is 15.0. The quantitative estimate of drug-likeness (QED) is 0.686. The van der Waals surface area contributed by atoms with Crippen molar-refractivity contribution in [2.24, 2.45) is 0 Å². The van der Waals surface area contributed by atoms with E-state index in [1.54, 1.807) is 20.8 Å². The molecule has 0 spiro atoms. The van der Waals surface area contributed by atoms with Crippen LogP contribution in [0.5, 0.6) is 0 Å². The summed E-state index contributed by atoms with van der Waals surface area (Å²) in [6.07, 6.45) is 2.76. The van der Waals surface area contributed by atoms with E-state index in [0.29, 0.717) is 23.4 Å². The Balaban J connectivity index is 2.42. The molecule has 20 heavy (non-hydrogen) atoms. The zero-order valence-corrected chi connectivity index (χ0v) is 11.7. The fourth-order valence-electron chi connectivity index (χ4n) is 2.32. The summed E-state index contributed by atoms with van der Waals surface area (Å²) in [6, 6.07) is 3.66. The Morgan fingerprint density at radius 1 is 1.50 bits per heavy atom. The van der Waals surface area contributed by atoms with Gasteiger partial charge in [-0.1, -0.05) is 0 Å². The minimum atomic E-state index is -0.592. The molecule has 0 amide bonds. The van der Waals surface area contributed by atoms with Crippen LogP contribution in [0.2, 0.25) is 0 Å². The van der Waals surface area contributed by atoms with Crippen molar-refractivity contribution in [2.45, 2.75) is 33.4 Å². The van der Waals surface area contributed by atoms with Gasteiger partial charge in [0.05, 0.1) is 28.8 Å². The summed E-state index contributed by atoms with van der Waals surface area (Å²) in [5.74, 6) is 0. The van der Waals surface area contributed by atoms with Crippen LogP contribution in [0.15, 0.2) is 24.5 Å². The third-order valence-electron chi connectivity index (χ3n) is 3.37. The van der Waals surface area contributed by atoms with Gasteiger partial charge in [0, 0.05) is 23.7 Å². The number of aliphatic hydroxyl groups is 1. The SMILES string of the molecule is Cc1cnc(Cn2cccc2C(C)O)c(C)c1[N+](=O)[O-]. The molecule has 0 aliphatic rings. The first-order chi connectivity index (χ1) is 9.41. The zero-order valence-electron chi connectivity index (χ0n) is 11.7. The molecule has 0 aromatic carbocycles. The van der Waals surface area contributed by atoms with Crippen molar-refractivity contribution in [1.82, 2.24) is 9.55 Å². The van der Waals surface area contributed by atoms with E-state index in [-0.39, 0.29) is 10.6 Å². The average Bonchev–Trinajstić information content (AvgIpc) is 2.80. The van der Waals surface area contributed by atoms with Crippen LogP contribution in [0.4, 0.5) is 5.69 Å². The van der Waals surface area contributed by atoms with Crippen LogP contribution in [0.3, 0.4) is 0 Å². The van der Waals surface area contributed by atoms with Gasteiger partial charge in [-0.2, -0.15) is 0 Å². The lowest BCUT2D eigenvalue weighted by Crippen LogP contribution is -2.10. The molecular formula is C14H17N3O3. The molecule has 6 nitrogen and oxygen atoms in total. The molecule has 6 heteroatoms. The van der Waals surface area contributed by atoms with E-state index >= 15 is 0 Å². The molecular weight excluding hydrogens is 258 g/mol. The summed E-state index contributed by atoms with van der Waals surface area (Å²) in [5.41, 5.74) is 2.63. The topological polar surface area (TPSA) is 81.2 Å². The highest BCUT2D eigenvalue weighted by molar-refractivity contribution is 5.47. The Morgan fingerprint density at radius 3 is 2.80 bits per heavy atom. The number of pyridine rings is 1. The van der Waals surface area contributed by atoms with Gasteiger partial charge in [-0.3, -0.25) is 15.1 Å². The molecule has 2 aromatic rings. The molecule has 106 valence electrons. The lowest BCUT2D eigenvalue weighted by atomic mass is 10.1. The van der Waals surface area contributed by atoms with Gasteiger partial charge in [0.15, 0.2) is 0 Å². The van der Waals surface area contributed by atoms with Gasteiger partial charge in [0.2, 0.25) is 0 Å². The molecule has 1 unspecified atom stereocenters. The van der Waals surface area contributed by atoms with Crippen molar-refractivity contribution in [3.05, 3.63) is 57.2 Å². The summed E-state index contributed by atoms with van der Waals surface area (Å²) < 4.78 is 1.85. The summed E-state index contributed by atoms with van der Waals surface area (Å²) in [5, 5.41) is 20.8. The minimum absolute atomic E-state index is 0.112. The van der Waals surface area contributed by atoms with E-state index in [1.807, 2.05) is 22.9 Å². The Labute approximate surface area is 116 Å². The fraction of sp³-hybridized carbons (Fsp3) is 0.357. The second-order valence-corrected chi connectivity index (χ2v) is 4.86. The second kappa shape index (κ2) is 5.42. The monoisotopic (exact) mass is 275 g/mol. The van der Waals surface area contributed by atoms with Crippen molar-refractivity contribution >= 4 is 5.69 Å². The standard InChI is InChI=1S/C14H17N3O3/c1-9-7-15-12(10(2)14(9)17(19)20)8-16-6-4-5-13(16)11(3)18/h4-7,11,18H,8H2,1-3H3. The maximum atomic E-state index is 11.1. The normalized spacial score (nSPS) is 12.4. The molecule has 2 aromatic heterocycles. The first-order valence-electron chi connectivity index (χ1n) is 6.34. The van der Waals surface area contributed by atoms with Crippen molar-refractivity contribution in [3.8, 4) is 0 Å². The smallest absolute Gasteiger partial charge is 0.278 e. The third kappa shape index (κ3) is 2.55. The fourth-order valence-corrected chi connectivity index (χ4v) is 2.32. The summed E-state index contributed by atoms with van der Waals surface area (Å²) >= 11 is 0. The van der Waals surface area contributed by atoms with Gasteiger partial charge in [-0.05, 0) is 32.9 Å². The highest BCUT2D eigenvalue weighted by Crippen LogP contribution is 2.25. The van der Waals surface area contributed by atoms with Crippen molar-refractivity contribution in [2.75, 3.05) is 0 Å². The van der Waals surface area contributed by atoms with Crippen LogP contribution in [0, 0.1) is 24.0 Å². The molecule has 0 aliphatic heterocycles. The number of rotatable bonds is 4.